The monoisotopic (exact) mass is 264 g/mol. The lowest BCUT2D eigenvalue weighted by Crippen LogP contribution is -2.40. The molecule has 0 saturated carbocycles. The van der Waals surface area contributed by atoms with Gasteiger partial charge in [-0.1, -0.05) is 36.9 Å². The highest BCUT2D eigenvalue weighted by atomic mass is 16.1. The Morgan fingerprint density at radius 1 is 1.32 bits per heavy atom. The minimum Gasteiger partial charge on any atom is -0.870 e. The highest BCUT2D eigenvalue weighted by Crippen LogP contribution is 2.09. The molecule has 0 aliphatic rings. The summed E-state index contributed by atoms with van der Waals surface area (Å²) in [6, 6.07) is 10.5. The van der Waals surface area contributed by atoms with Gasteiger partial charge in [0.05, 0.1) is 20.6 Å². The van der Waals surface area contributed by atoms with Crippen LogP contribution in [-0.4, -0.2) is 43.1 Å². The minimum absolute atomic E-state index is 0. The molecule has 0 atom stereocenters. The van der Waals surface area contributed by atoms with Gasteiger partial charge in [-0.2, -0.15) is 0 Å². The van der Waals surface area contributed by atoms with Crippen LogP contribution in [0, 0.1) is 0 Å². The van der Waals surface area contributed by atoms with Crippen molar-refractivity contribution in [1.82, 2.24) is 5.32 Å². The standard InChI is InChI=1S/C15H22N2O.H2O/c1-4-15(18)16-11-8-12-17(2,3)13-14-9-6-5-7-10-14;/h4-7,9-10H,1,8,11-13H2,2-3H3;1H2. The maximum atomic E-state index is 11.0. The molecule has 0 heterocycles. The molecule has 0 aliphatic carbocycles. The quantitative estimate of drug-likeness (QED) is 0.463. The van der Waals surface area contributed by atoms with Crippen LogP contribution in [0.25, 0.3) is 0 Å². The second-order valence-electron chi connectivity index (χ2n) is 5.15. The van der Waals surface area contributed by atoms with Crippen molar-refractivity contribution in [3.63, 3.8) is 0 Å². The van der Waals surface area contributed by atoms with E-state index in [-0.39, 0.29) is 11.4 Å². The van der Waals surface area contributed by atoms with Crippen molar-refractivity contribution < 1.29 is 14.8 Å². The molecule has 0 aliphatic heterocycles. The molecule has 0 radical (unpaired) electrons. The average Bonchev–Trinajstić information content (AvgIpc) is 2.35. The van der Waals surface area contributed by atoms with E-state index in [1.807, 2.05) is 6.07 Å². The Labute approximate surface area is 115 Å². The molecule has 1 amide bonds. The van der Waals surface area contributed by atoms with E-state index >= 15 is 0 Å². The molecule has 2 N–H and O–H groups in total. The van der Waals surface area contributed by atoms with Gasteiger partial charge in [0.25, 0.3) is 0 Å². The number of carbonyl (C=O) groups excluding carboxylic acids is 1. The van der Waals surface area contributed by atoms with Crippen LogP contribution in [0.1, 0.15) is 12.0 Å². The lowest BCUT2D eigenvalue weighted by molar-refractivity contribution is -0.903. The third kappa shape index (κ3) is 7.39. The predicted octanol–water partition coefficient (Wildman–Crippen LogP) is 1.78. The zero-order valence-electron chi connectivity index (χ0n) is 11.8. The Kier molecular flexibility index (Phi) is 7.72. The first kappa shape index (κ1) is 17.4. The molecule has 0 unspecified atom stereocenters. The Bertz CT molecular complexity index is 388. The average molecular weight is 264 g/mol. The third-order valence-electron chi connectivity index (χ3n) is 2.88. The van der Waals surface area contributed by atoms with Gasteiger partial charge in [-0.15, -0.1) is 0 Å². The normalized spacial score (nSPS) is 10.4. The van der Waals surface area contributed by atoms with Crippen LogP contribution in [0.5, 0.6) is 0 Å². The molecule has 0 bridgehead atoms. The number of quaternary nitrogens is 1. The number of rotatable bonds is 7. The molecule has 1 rings (SSSR count). The van der Waals surface area contributed by atoms with Crippen LogP contribution in [0.4, 0.5) is 0 Å². The van der Waals surface area contributed by atoms with Crippen molar-refractivity contribution in [3.05, 3.63) is 48.6 Å². The first-order valence-corrected chi connectivity index (χ1v) is 6.30. The molecule has 4 heteroatoms. The maximum Gasteiger partial charge on any atom is 0.243 e. The van der Waals surface area contributed by atoms with Crippen molar-refractivity contribution in [3.8, 4) is 0 Å². The second kappa shape index (κ2) is 8.45. The first-order valence-electron chi connectivity index (χ1n) is 6.30. The highest BCUT2D eigenvalue weighted by molar-refractivity contribution is 5.86. The van der Waals surface area contributed by atoms with E-state index in [0.29, 0.717) is 6.54 Å². The summed E-state index contributed by atoms with van der Waals surface area (Å²) in [7, 11) is 4.42. The van der Waals surface area contributed by atoms with Gasteiger partial charge in [-0.25, -0.2) is 0 Å². The number of benzene rings is 1. The molecule has 1 aromatic rings. The van der Waals surface area contributed by atoms with Gasteiger partial charge in [0.15, 0.2) is 0 Å². The van der Waals surface area contributed by atoms with Crippen molar-refractivity contribution >= 4 is 5.91 Å². The summed E-state index contributed by atoms with van der Waals surface area (Å²) in [6.07, 6.45) is 2.28. The van der Waals surface area contributed by atoms with Crippen LogP contribution in [0.3, 0.4) is 0 Å². The summed E-state index contributed by atoms with van der Waals surface area (Å²) in [5.74, 6) is -0.0941. The fraction of sp³-hybridized carbons (Fsp3) is 0.400. The maximum absolute atomic E-state index is 11.0. The highest BCUT2D eigenvalue weighted by Gasteiger charge is 2.15. The fourth-order valence-electron chi connectivity index (χ4n) is 1.95. The summed E-state index contributed by atoms with van der Waals surface area (Å²) in [5.41, 5.74) is 1.35. The van der Waals surface area contributed by atoms with Crippen LogP contribution in [0.15, 0.2) is 43.0 Å². The number of hydrogen-bond acceptors (Lipinski definition) is 2. The van der Waals surface area contributed by atoms with Crippen LogP contribution in [-0.2, 0) is 11.3 Å². The first-order chi connectivity index (χ1) is 8.53. The second-order valence-corrected chi connectivity index (χ2v) is 5.15. The van der Waals surface area contributed by atoms with Crippen LogP contribution >= 0.6 is 0 Å². The van der Waals surface area contributed by atoms with Crippen molar-refractivity contribution in [1.29, 1.82) is 0 Å². The Morgan fingerprint density at radius 3 is 2.53 bits per heavy atom. The molecule has 19 heavy (non-hydrogen) atoms. The van der Waals surface area contributed by atoms with Gasteiger partial charge >= 0.3 is 0 Å². The summed E-state index contributed by atoms with van der Waals surface area (Å²) >= 11 is 0. The van der Waals surface area contributed by atoms with Gasteiger partial charge in [0.1, 0.15) is 6.54 Å². The lowest BCUT2D eigenvalue weighted by atomic mass is 10.2. The van der Waals surface area contributed by atoms with Crippen molar-refractivity contribution in [2.24, 2.45) is 0 Å². The molecule has 1 aromatic carbocycles. The van der Waals surface area contributed by atoms with Gasteiger partial charge < -0.3 is 15.3 Å². The van der Waals surface area contributed by atoms with E-state index in [2.05, 4.69) is 50.3 Å². The Morgan fingerprint density at radius 2 is 1.95 bits per heavy atom. The smallest absolute Gasteiger partial charge is 0.243 e. The number of nitrogens with zero attached hydrogens (tertiary/aromatic N) is 1. The SMILES string of the molecule is C=CC(=O)NCCC[N+](C)(C)Cc1ccccc1.[OH-]. The molecular formula is C15H24N2O2. The van der Waals surface area contributed by atoms with Crippen molar-refractivity contribution in [2.45, 2.75) is 13.0 Å². The predicted molar refractivity (Wildman–Crippen MR) is 76.9 cm³/mol. The molecular weight excluding hydrogens is 240 g/mol. The summed E-state index contributed by atoms with van der Waals surface area (Å²) < 4.78 is 0.925. The van der Waals surface area contributed by atoms with Gasteiger partial charge in [-0.05, 0) is 6.08 Å². The molecule has 0 fully saturated rings. The van der Waals surface area contributed by atoms with Gasteiger partial charge in [-0.3, -0.25) is 4.79 Å². The van der Waals surface area contributed by atoms with E-state index in [4.69, 9.17) is 0 Å². The van der Waals surface area contributed by atoms with Crippen LogP contribution in [0.2, 0.25) is 0 Å². The lowest BCUT2D eigenvalue weighted by Gasteiger charge is -2.30. The van der Waals surface area contributed by atoms with E-state index in [9.17, 15) is 4.79 Å². The molecule has 4 nitrogen and oxygen atoms in total. The van der Waals surface area contributed by atoms with E-state index in [0.717, 1.165) is 24.0 Å². The van der Waals surface area contributed by atoms with E-state index < -0.39 is 0 Å². The summed E-state index contributed by atoms with van der Waals surface area (Å²) in [5, 5.41) is 2.80. The van der Waals surface area contributed by atoms with E-state index in [1.165, 1.54) is 11.6 Å². The number of carbonyl (C=O) groups is 1. The number of hydrogen-bond donors (Lipinski definition) is 1. The van der Waals surface area contributed by atoms with E-state index in [1.54, 1.807) is 0 Å². The van der Waals surface area contributed by atoms with Crippen molar-refractivity contribution in [2.75, 3.05) is 27.2 Å². The van der Waals surface area contributed by atoms with Gasteiger partial charge in [0, 0.05) is 18.5 Å². The topological polar surface area (TPSA) is 59.1 Å². The largest absolute Gasteiger partial charge is 0.870 e. The van der Waals surface area contributed by atoms with Crippen LogP contribution < -0.4 is 5.32 Å². The Hall–Kier alpha value is -1.65. The minimum atomic E-state index is -0.0941. The van der Waals surface area contributed by atoms with Gasteiger partial charge in [0.2, 0.25) is 5.91 Å². The molecule has 0 spiro atoms. The third-order valence-corrected chi connectivity index (χ3v) is 2.88. The summed E-state index contributed by atoms with van der Waals surface area (Å²) in [4.78, 5) is 11.0. The molecule has 0 aromatic heterocycles. The zero-order chi connectivity index (χ0) is 13.4. The zero-order valence-corrected chi connectivity index (χ0v) is 11.8. The number of amides is 1. The molecule has 0 saturated heterocycles. The Balaban J connectivity index is 0.00000324. The number of nitrogens with one attached hydrogen (secondary N) is 1. The summed E-state index contributed by atoms with van der Waals surface area (Å²) in [6.45, 7) is 6.18. The molecule has 106 valence electrons. The fourth-order valence-corrected chi connectivity index (χ4v) is 1.95.